The first-order chi connectivity index (χ1) is 6.00. The zero-order valence-corrected chi connectivity index (χ0v) is 7.60. The second-order valence-corrected chi connectivity index (χ2v) is 3.00. The lowest BCUT2D eigenvalue weighted by Gasteiger charge is -2.04. The number of pyridine rings is 1. The maximum absolute atomic E-state index is 12.9. The highest BCUT2D eigenvalue weighted by molar-refractivity contribution is 5.76. The van der Waals surface area contributed by atoms with Crippen LogP contribution in [0.4, 0.5) is 4.39 Å². The number of halogens is 1. The molecule has 0 aliphatic heterocycles. The van der Waals surface area contributed by atoms with Gasteiger partial charge in [-0.1, -0.05) is 6.07 Å². The molecule has 1 rings (SSSR count). The zero-order valence-electron chi connectivity index (χ0n) is 7.60. The van der Waals surface area contributed by atoms with Crippen LogP contribution >= 0.6 is 0 Å². The van der Waals surface area contributed by atoms with Crippen LogP contribution in [0.5, 0.6) is 0 Å². The maximum Gasteiger partial charge on any atom is 0.223 e. The molecule has 13 heavy (non-hydrogen) atoms. The summed E-state index contributed by atoms with van der Waals surface area (Å²) >= 11 is 0. The van der Waals surface area contributed by atoms with E-state index in [4.69, 9.17) is 5.73 Å². The van der Waals surface area contributed by atoms with E-state index >= 15 is 0 Å². The van der Waals surface area contributed by atoms with Crippen LogP contribution in [0.25, 0.3) is 0 Å². The molecule has 0 unspecified atom stereocenters. The number of hydrogen-bond acceptors (Lipinski definition) is 2. The Morgan fingerprint density at radius 2 is 2.15 bits per heavy atom. The largest absolute Gasteiger partial charge is 0.369 e. The predicted octanol–water partition coefficient (Wildman–Crippen LogP) is 0.865. The van der Waals surface area contributed by atoms with E-state index in [0.29, 0.717) is 11.3 Å². The van der Waals surface area contributed by atoms with E-state index in [-0.39, 0.29) is 6.42 Å². The van der Waals surface area contributed by atoms with Gasteiger partial charge in [0.2, 0.25) is 11.9 Å². The Morgan fingerprint density at radius 1 is 1.54 bits per heavy atom. The molecule has 4 heteroatoms. The van der Waals surface area contributed by atoms with Crippen LogP contribution in [0.15, 0.2) is 6.07 Å². The number of rotatable bonds is 2. The lowest BCUT2D eigenvalue weighted by Crippen LogP contribution is -2.16. The summed E-state index contributed by atoms with van der Waals surface area (Å²) in [5.74, 6) is -1.04. The first-order valence-electron chi connectivity index (χ1n) is 3.91. The van der Waals surface area contributed by atoms with Crippen LogP contribution in [0.2, 0.25) is 0 Å². The number of hydrogen-bond donors (Lipinski definition) is 1. The van der Waals surface area contributed by atoms with Crippen molar-refractivity contribution < 1.29 is 9.18 Å². The highest BCUT2D eigenvalue weighted by Crippen LogP contribution is 2.10. The SMILES string of the molecule is Cc1cc(C)c(CC(N)=O)nc1F. The van der Waals surface area contributed by atoms with Gasteiger partial charge in [0.25, 0.3) is 0 Å². The third-order valence-electron chi connectivity index (χ3n) is 1.79. The molecule has 0 atom stereocenters. The van der Waals surface area contributed by atoms with Crippen molar-refractivity contribution in [3.63, 3.8) is 0 Å². The van der Waals surface area contributed by atoms with Crippen molar-refractivity contribution in [1.82, 2.24) is 4.98 Å². The molecule has 0 aromatic carbocycles. The molecular weight excluding hydrogens is 171 g/mol. The van der Waals surface area contributed by atoms with E-state index in [1.807, 2.05) is 0 Å². The van der Waals surface area contributed by atoms with Crippen molar-refractivity contribution in [2.75, 3.05) is 0 Å². The standard InChI is InChI=1S/C9H11FN2O/c1-5-3-6(2)9(10)12-7(5)4-8(11)13/h3H,4H2,1-2H3,(H2,11,13). The summed E-state index contributed by atoms with van der Waals surface area (Å²) in [6, 6.07) is 1.65. The van der Waals surface area contributed by atoms with Crippen LogP contribution in [0, 0.1) is 19.8 Å². The average Bonchev–Trinajstić information content (AvgIpc) is 1.99. The van der Waals surface area contributed by atoms with Gasteiger partial charge in [-0.25, -0.2) is 4.98 Å². The molecule has 1 aromatic heterocycles. The molecule has 1 heterocycles. The fraction of sp³-hybridized carbons (Fsp3) is 0.333. The molecule has 0 bridgehead atoms. The van der Waals surface area contributed by atoms with Gasteiger partial charge in [-0.3, -0.25) is 4.79 Å². The molecule has 1 aromatic rings. The zero-order chi connectivity index (χ0) is 10.0. The van der Waals surface area contributed by atoms with Gasteiger partial charge in [0.15, 0.2) is 0 Å². The van der Waals surface area contributed by atoms with E-state index < -0.39 is 11.9 Å². The number of aryl methyl sites for hydroxylation is 2. The predicted molar refractivity (Wildman–Crippen MR) is 46.6 cm³/mol. The molecule has 3 nitrogen and oxygen atoms in total. The fourth-order valence-corrected chi connectivity index (χ4v) is 1.11. The first-order valence-corrected chi connectivity index (χ1v) is 3.91. The molecule has 0 saturated carbocycles. The minimum Gasteiger partial charge on any atom is -0.369 e. The molecule has 0 radical (unpaired) electrons. The van der Waals surface area contributed by atoms with Gasteiger partial charge in [-0.2, -0.15) is 4.39 Å². The third kappa shape index (κ3) is 2.24. The van der Waals surface area contributed by atoms with E-state index in [0.717, 1.165) is 5.56 Å². The number of nitrogens with zero attached hydrogens (tertiary/aromatic N) is 1. The molecule has 0 fully saturated rings. The van der Waals surface area contributed by atoms with E-state index in [2.05, 4.69) is 4.98 Å². The molecule has 0 aliphatic carbocycles. The number of amides is 1. The van der Waals surface area contributed by atoms with Crippen LogP contribution in [0.1, 0.15) is 16.8 Å². The summed E-state index contributed by atoms with van der Waals surface area (Å²) in [6.45, 7) is 3.40. The topological polar surface area (TPSA) is 56.0 Å². The Balaban J connectivity index is 3.08. The number of carbonyl (C=O) groups is 1. The summed E-state index contributed by atoms with van der Waals surface area (Å²) in [6.07, 6.45) is -0.0109. The Bertz CT molecular complexity index is 350. The highest BCUT2D eigenvalue weighted by Gasteiger charge is 2.07. The molecular formula is C9H11FN2O. The summed E-state index contributed by atoms with van der Waals surface area (Å²) in [5, 5.41) is 0. The van der Waals surface area contributed by atoms with Crippen LogP contribution in [0.3, 0.4) is 0 Å². The molecule has 2 N–H and O–H groups in total. The molecule has 0 aliphatic rings. The number of nitrogens with two attached hydrogens (primary N) is 1. The monoisotopic (exact) mass is 182 g/mol. The van der Waals surface area contributed by atoms with Crippen molar-refractivity contribution in [2.45, 2.75) is 20.3 Å². The van der Waals surface area contributed by atoms with Crippen LogP contribution in [-0.2, 0) is 11.2 Å². The van der Waals surface area contributed by atoms with Crippen molar-refractivity contribution in [3.05, 3.63) is 28.8 Å². The smallest absolute Gasteiger partial charge is 0.223 e. The Kier molecular flexibility index (Phi) is 2.60. The lowest BCUT2D eigenvalue weighted by molar-refractivity contribution is -0.117. The van der Waals surface area contributed by atoms with Crippen molar-refractivity contribution >= 4 is 5.91 Å². The number of carbonyl (C=O) groups excluding carboxylic acids is 1. The third-order valence-corrected chi connectivity index (χ3v) is 1.79. The Labute approximate surface area is 75.8 Å². The van der Waals surface area contributed by atoms with Crippen molar-refractivity contribution in [3.8, 4) is 0 Å². The minimum absolute atomic E-state index is 0.0109. The number of aromatic nitrogens is 1. The summed E-state index contributed by atoms with van der Waals surface area (Å²) in [7, 11) is 0. The summed E-state index contributed by atoms with van der Waals surface area (Å²) in [5.41, 5.74) is 6.66. The van der Waals surface area contributed by atoms with Gasteiger partial charge in [0, 0.05) is 5.56 Å². The Hall–Kier alpha value is -1.45. The average molecular weight is 182 g/mol. The van der Waals surface area contributed by atoms with Crippen LogP contribution < -0.4 is 5.73 Å². The first kappa shape index (κ1) is 9.64. The molecule has 70 valence electrons. The quantitative estimate of drug-likeness (QED) is 0.690. The van der Waals surface area contributed by atoms with Gasteiger partial charge < -0.3 is 5.73 Å². The van der Waals surface area contributed by atoms with Gasteiger partial charge in [0.1, 0.15) is 0 Å². The summed E-state index contributed by atoms with van der Waals surface area (Å²) in [4.78, 5) is 14.2. The van der Waals surface area contributed by atoms with E-state index in [9.17, 15) is 9.18 Å². The second-order valence-electron chi connectivity index (χ2n) is 3.00. The number of primary amides is 1. The van der Waals surface area contributed by atoms with Gasteiger partial charge >= 0.3 is 0 Å². The van der Waals surface area contributed by atoms with Gasteiger partial charge in [-0.15, -0.1) is 0 Å². The highest BCUT2D eigenvalue weighted by atomic mass is 19.1. The van der Waals surface area contributed by atoms with Crippen molar-refractivity contribution in [2.24, 2.45) is 5.73 Å². The van der Waals surface area contributed by atoms with Gasteiger partial charge in [-0.05, 0) is 19.4 Å². The lowest BCUT2D eigenvalue weighted by atomic mass is 10.1. The fourth-order valence-electron chi connectivity index (χ4n) is 1.11. The van der Waals surface area contributed by atoms with Crippen LogP contribution in [-0.4, -0.2) is 10.9 Å². The van der Waals surface area contributed by atoms with E-state index in [1.54, 1.807) is 19.9 Å². The van der Waals surface area contributed by atoms with E-state index in [1.165, 1.54) is 0 Å². The maximum atomic E-state index is 12.9. The van der Waals surface area contributed by atoms with Gasteiger partial charge in [0.05, 0.1) is 12.1 Å². The molecule has 1 amide bonds. The summed E-state index contributed by atoms with van der Waals surface area (Å²) < 4.78 is 12.9. The second kappa shape index (κ2) is 3.51. The molecule has 0 spiro atoms. The molecule has 0 saturated heterocycles. The normalized spacial score (nSPS) is 10.1. The Morgan fingerprint density at radius 3 is 2.69 bits per heavy atom. The van der Waals surface area contributed by atoms with Crippen molar-refractivity contribution in [1.29, 1.82) is 0 Å². The minimum atomic E-state index is -0.540.